The van der Waals surface area contributed by atoms with Crippen molar-refractivity contribution in [3.8, 4) is 0 Å². The molecule has 0 bridgehead atoms. The summed E-state index contributed by atoms with van der Waals surface area (Å²) < 4.78 is 0. The van der Waals surface area contributed by atoms with Gasteiger partial charge in [0.1, 0.15) is 6.20 Å². The summed E-state index contributed by atoms with van der Waals surface area (Å²) in [5.74, 6) is 0.475. The Morgan fingerprint density at radius 2 is 2.47 bits per heavy atom. The van der Waals surface area contributed by atoms with E-state index in [1.807, 2.05) is 11.9 Å². The predicted octanol–water partition coefficient (Wildman–Crippen LogP) is 1.61. The van der Waals surface area contributed by atoms with Gasteiger partial charge in [0.2, 0.25) is 0 Å². The molecule has 1 heterocycles. The Labute approximate surface area is 104 Å². The first-order valence-electron chi connectivity index (χ1n) is 5.66. The van der Waals surface area contributed by atoms with Crippen molar-refractivity contribution in [1.82, 2.24) is 4.98 Å². The largest absolute Gasteiger partial charge is 0.348 e. The lowest BCUT2D eigenvalue weighted by Crippen LogP contribution is -2.37. The maximum atomic E-state index is 10.6. The number of thiazole rings is 1. The normalized spacial score (nSPS) is 23.9. The lowest BCUT2D eigenvalue weighted by atomic mass is 10.0. The molecular weight excluding hydrogens is 240 g/mol. The average molecular weight is 256 g/mol. The number of aromatic nitrogens is 1. The van der Waals surface area contributed by atoms with Crippen molar-refractivity contribution in [2.75, 3.05) is 18.5 Å². The highest BCUT2D eigenvalue weighted by atomic mass is 32.1. The molecule has 7 heteroatoms. The van der Waals surface area contributed by atoms with E-state index in [1.165, 1.54) is 12.6 Å². The average Bonchev–Trinajstić information content (AvgIpc) is 2.96. The molecule has 1 aromatic heterocycles. The maximum absolute atomic E-state index is 10.6. The van der Waals surface area contributed by atoms with E-state index in [1.54, 1.807) is 0 Å². The number of nitrogens with two attached hydrogens (primary N) is 1. The highest BCUT2D eigenvalue weighted by Gasteiger charge is 2.31. The van der Waals surface area contributed by atoms with E-state index in [0.717, 1.165) is 24.2 Å². The number of nitrogens with zero attached hydrogens (tertiary/aromatic N) is 3. The van der Waals surface area contributed by atoms with Crippen LogP contribution in [0.4, 0.5) is 10.1 Å². The molecule has 0 spiro atoms. The fraction of sp³-hybridized carbons (Fsp3) is 0.700. The van der Waals surface area contributed by atoms with Crippen LogP contribution in [0, 0.1) is 16.0 Å². The van der Waals surface area contributed by atoms with Gasteiger partial charge in [-0.2, -0.15) is 0 Å². The van der Waals surface area contributed by atoms with E-state index in [0.29, 0.717) is 23.6 Å². The quantitative estimate of drug-likeness (QED) is 0.653. The molecule has 1 aromatic rings. The van der Waals surface area contributed by atoms with Gasteiger partial charge in [0.15, 0.2) is 5.13 Å². The zero-order chi connectivity index (χ0) is 12.4. The molecule has 6 nitrogen and oxygen atoms in total. The summed E-state index contributed by atoms with van der Waals surface area (Å²) >= 11 is 1.12. The lowest BCUT2D eigenvalue weighted by molar-refractivity contribution is -0.380. The van der Waals surface area contributed by atoms with Crippen molar-refractivity contribution in [3.63, 3.8) is 0 Å². The summed E-state index contributed by atoms with van der Waals surface area (Å²) in [5, 5.41) is 11.4. The molecule has 0 aliphatic heterocycles. The highest BCUT2D eigenvalue weighted by molar-refractivity contribution is 7.18. The first-order valence-corrected chi connectivity index (χ1v) is 6.48. The number of hydrogen-bond acceptors (Lipinski definition) is 6. The van der Waals surface area contributed by atoms with Crippen LogP contribution in [0.5, 0.6) is 0 Å². The topological polar surface area (TPSA) is 85.3 Å². The van der Waals surface area contributed by atoms with Gasteiger partial charge in [-0.3, -0.25) is 10.1 Å². The smallest absolute Gasteiger partial charge is 0.345 e. The van der Waals surface area contributed by atoms with Crippen molar-refractivity contribution in [3.05, 3.63) is 16.3 Å². The highest BCUT2D eigenvalue weighted by Crippen LogP contribution is 2.35. The summed E-state index contributed by atoms with van der Waals surface area (Å²) in [6.07, 6.45) is 4.72. The van der Waals surface area contributed by atoms with Gasteiger partial charge in [-0.1, -0.05) is 6.42 Å². The minimum absolute atomic E-state index is 0.0918. The molecule has 2 unspecified atom stereocenters. The SMILES string of the molecule is CN(c1ncc([N+](=O)[O-])s1)C1CCCC1CN. The molecule has 0 amide bonds. The zero-order valence-corrected chi connectivity index (χ0v) is 10.5. The van der Waals surface area contributed by atoms with E-state index in [2.05, 4.69) is 4.98 Å². The van der Waals surface area contributed by atoms with Crippen molar-refractivity contribution < 1.29 is 4.92 Å². The molecule has 1 saturated carbocycles. The third-order valence-electron chi connectivity index (χ3n) is 3.38. The van der Waals surface area contributed by atoms with Crippen LogP contribution in [-0.4, -0.2) is 29.5 Å². The molecule has 1 aliphatic carbocycles. The van der Waals surface area contributed by atoms with E-state index >= 15 is 0 Å². The second-order valence-electron chi connectivity index (χ2n) is 4.34. The van der Waals surface area contributed by atoms with Crippen molar-refractivity contribution in [1.29, 1.82) is 0 Å². The summed E-state index contributed by atoms with van der Waals surface area (Å²) in [5.41, 5.74) is 5.74. The fourth-order valence-electron chi connectivity index (χ4n) is 2.45. The summed E-state index contributed by atoms with van der Waals surface area (Å²) in [6.45, 7) is 0.669. The Kier molecular flexibility index (Phi) is 3.58. The van der Waals surface area contributed by atoms with Gasteiger partial charge in [0.25, 0.3) is 0 Å². The molecular formula is C10H16N4O2S. The van der Waals surface area contributed by atoms with E-state index in [9.17, 15) is 10.1 Å². The van der Waals surface area contributed by atoms with Gasteiger partial charge in [0.05, 0.1) is 4.92 Å². The van der Waals surface area contributed by atoms with Crippen LogP contribution in [0.2, 0.25) is 0 Å². The molecule has 1 fully saturated rings. The van der Waals surface area contributed by atoms with Crippen molar-refractivity contribution in [2.45, 2.75) is 25.3 Å². The second-order valence-corrected chi connectivity index (χ2v) is 5.33. The predicted molar refractivity (Wildman–Crippen MR) is 67.4 cm³/mol. The summed E-state index contributed by atoms with van der Waals surface area (Å²) in [4.78, 5) is 16.4. The van der Waals surface area contributed by atoms with Crippen LogP contribution in [0.3, 0.4) is 0 Å². The minimum atomic E-state index is -0.399. The number of rotatable bonds is 4. The zero-order valence-electron chi connectivity index (χ0n) is 9.70. The Bertz CT molecular complexity index is 409. The Hall–Kier alpha value is -1.21. The van der Waals surface area contributed by atoms with E-state index in [-0.39, 0.29) is 5.00 Å². The van der Waals surface area contributed by atoms with E-state index in [4.69, 9.17) is 5.73 Å². The van der Waals surface area contributed by atoms with Crippen molar-refractivity contribution >= 4 is 21.5 Å². The van der Waals surface area contributed by atoms with Gasteiger partial charge in [-0.25, -0.2) is 4.98 Å². The molecule has 2 rings (SSSR count). The molecule has 0 radical (unpaired) electrons. The van der Waals surface area contributed by atoms with Gasteiger partial charge in [-0.15, -0.1) is 0 Å². The van der Waals surface area contributed by atoms with Crippen LogP contribution in [-0.2, 0) is 0 Å². The Balaban J connectivity index is 2.12. The van der Waals surface area contributed by atoms with Crippen LogP contribution in [0.15, 0.2) is 6.20 Å². The van der Waals surface area contributed by atoms with Gasteiger partial charge in [0, 0.05) is 13.1 Å². The standard InChI is InChI=1S/C10H16N4O2S/c1-13(8-4-2-3-7(8)5-11)10-12-6-9(17-10)14(15)16/h6-8H,2-5,11H2,1H3. The van der Waals surface area contributed by atoms with Crippen molar-refractivity contribution in [2.24, 2.45) is 11.7 Å². The maximum Gasteiger partial charge on any atom is 0.345 e. The number of nitro groups is 1. The monoisotopic (exact) mass is 256 g/mol. The van der Waals surface area contributed by atoms with Crippen LogP contribution in [0.1, 0.15) is 19.3 Å². The minimum Gasteiger partial charge on any atom is -0.348 e. The number of anilines is 1. The molecule has 94 valence electrons. The van der Waals surface area contributed by atoms with Gasteiger partial charge < -0.3 is 10.6 Å². The fourth-order valence-corrected chi connectivity index (χ4v) is 3.20. The molecule has 17 heavy (non-hydrogen) atoms. The van der Waals surface area contributed by atoms with Gasteiger partial charge >= 0.3 is 5.00 Å². The molecule has 1 aliphatic rings. The Morgan fingerprint density at radius 1 is 1.71 bits per heavy atom. The van der Waals surface area contributed by atoms with Crippen LogP contribution >= 0.6 is 11.3 Å². The summed E-state index contributed by atoms with van der Waals surface area (Å²) in [7, 11) is 1.95. The second kappa shape index (κ2) is 4.97. The molecule has 0 saturated heterocycles. The lowest BCUT2D eigenvalue weighted by Gasteiger charge is -2.28. The third-order valence-corrected chi connectivity index (χ3v) is 4.42. The molecule has 2 N–H and O–H groups in total. The van der Waals surface area contributed by atoms with Gasteiger partial charge in [-0.05, 0) is 36.6 Å². The first kappa shape index (κ1) is 12.3. The van der Waals surface area contributed by atoms with Crippen LogP contribution in [0.25, 0.3) is 0 Å². The number of hydrogen-bond donors (Lipinski definition) is 1. The van der Waals surface area contributed by atoms with E-state index < -0.39 is 4.92 Å². The Morgan fingerprint density at radius 3 is 3.06 bits per heavy atom. The third kappa shape index (κ3) is 2.39. The summed E-state index contributed by atoms with van der Waals surface area (Å²) in [6, 6.07) is 0.366. The molecule has 2 atom stereocenters. The van der Waals surface area contributed by atoms with Crippen LogP contribution < -0.4 is 10.6 Å². The molecule has 0 aromatic carbocycles. The first-order chi connectivity index (χ1) is 8.13.